The first-order chi connectivity index (χ1) is 11.9. The molecule has 0 fully saturated rings. The number of rotatable bonds is 5. The highest BCUT2D eigenvalue weighted by Crippen LogP contribution is 2.21. The molecule has 2 amide bonds. The molecule has 0 aliphatic rings. The van der Waals surface area contributed by atoms with Gasteiger partial charge in [0.1, 0.15) is 11.6 Å². The lowest BCUT2D eigenvalue weighted by atomic mass is 10.2. The van der Waals surface area contributed by atoms with Gasteiger partial charge in [-0.05, 0) is 54.5 Å². The quantitative estimate of drug-likeness (QED) is 0.634. The van der Waals surface area contributed by atoms with E-state index in [9.17, 15) is 14.0 Å². The fourth-order valence-corrected chi connectivity index (χ4v) is 2.10. The zero-order valence-corrected chi connectivity index (χ0v) is 14.1. The summed E-state index contributed by atoms with van der Waals surface area (Å²) in [6, 6.07) is 10.7. The molecule has 2 aromatic rings. The van der Waals surface area contributed by atoms with Gasteiger partial charge in [-0.1, -0.05) is 23.7 Å². The Morgan fingerprint density at radius 1 is 1.16 bits per heavy atom. The standard InChI is InChI=1S/C18H16ClFN2O3/c1-12-10-14(19)5-8-16(12)25-11-18(24)22-21-17(23)9-4-13-2-6-15(20)7-3-13/h2-10H,11H2,1H3,(H,21,23)(H,22,24)/b9-4+. The van der Waals surface area contributed by atoms with Crippen molar-refractivity contribution in [2.45, 2.75) is 6.92 Å². The zero-order chi connectivity index (χ0) is 18.2. The first kappa shape index (κ1) is 18.5. The number of amides is 2. The Hall–Kier alpha value is -2.86. The minimum absolute atomic E-state index is 0.259. The Balaban J connectivity index is 1.75. The SMILES string of the molecule is Cc1cc(Cl)ccc1OCC(=O)NNC(=O)/C=C/c1ccc(F)cc1. The molecular weight excluding hydrogens is 347 g/mol. The predicted molar refractivity (Wildman–Crippen MR) is 93.4 cm³/mol. The number of aryl methyl sites for hydroxylation is 1. The maximum Gasteiger partial charge on any atom is 0.276 e. The summed E-state index contributed by atoms with van der Waals surface area (Å²) in [5, 5.41) is 0.578. The molecule has 0 radical (unpaired) electrons. The van der Waals surface area contributed by atoms with Gasteiger partial charge < -0.3 is 4.74 Å². The van der Waals surface area contributed by atoms with Gasteiger partial charge in [0.2, 0.25) is 0 Å². The van der Waals surface area contributed by atoms with E-state index in [2.05, 4.69) is 10.9 Å². The van der Waals surface area contributed by atoms with E-state index in [1.165, 1.54) is 36.4 Å². The number of nitrogens with one attached hydrogen (secondary N) is 2. The van der Waals surface area contributed by atoms with Crippen molar-refractivity contribution in [1.29, 1.82) is 0 Å². The van der Waals surface area contributed by atoms with Crippen LogP contribution >= 0.6 is 11.6 Å². The molecule has 0 aliphatic heterocycles. The van der Waals surface area contributed by atoms with Crippen LogP contribution < -0.4 is 15.6 Å². The highest BCUT2D eigenvalue weighted by atomic mass is 35.5. The van der Waals surface area contributed by atoms with Gasteiger partial charge >= 0.3 is 0 Å². The Bertz CT molecular complexity index is 791. The molecule has 0 bridgehead atoms. The molecule has 2 N–H and O–H groups in total. The number of benzene rings is 2. The van der Waals surface area contributed by atoms with E-state index in [1.807, 2.05) is 0 Å². The smallest absolute Gasteiger partial charge is 0.276 e. The van der Waals surface area contributed by atoms with E-state index in [0.717, 1.165) is 5.56 Å². The second kappa shape index (κ2) is 8.84. The minimum atomic E-state index is -0.527. The lowest BCUT2D eigenvalue weighted by Crippen LogP contribution is -2.43. The molecule has 2 aromatic carbocycles. The van der Waals surface area contributed by atoms with Gasteiger partial charge in [0.25, 0.3) is 11.8 Å². The molecule has 0 atom stereocenters. The number of carbonyl (C=O) groups excluding carboxylic acids is 2. The third-order valence-corrected chi connectivity index (χ3v) is 3.35. The van der Waals surface area contributed by atoms with E-state index in [1.54, 1.807) is 25.1 Å². The van der Waals surface area contributed by atoms with E-state index >= 15 is 0 Å². The van der Waals surface area contributed by atoms with Crippen molar-refractivity contribution < 1.29 is 18.7 Å². The normalized spacial score (nSPS) is 10.5. The van der Waals surface area contributed by atoms with Crippen molar-refractivity contribution >= 4 is 29.5 Å². The van der Waals surface area contributed by atoms with Gasteiger partial charge in [-0.3, -0.25) is 20.4 Å². The van der Waals surface area contributed by atoms with E-state index < -0.39 is 11.8 Å². The molecule has 0 heterocycles. The van der Waals surface area contributed by atoms with Crippen LogP contribution in [0.5, 0.6) is 5.75 Å². The van der Waals surface area contributed by atoms with Crippen LogP contribution in [0.2, 0.25) is 5.02 Å². The topological polar surface area (TPSA) is 67.4 Å². The summed E-state index contributed by atoms with van der Waals surface area (Å²) in [6.07, 6.45) is 2.71. The maximum atomic E-state index is 12.8. The molecule has 2 rings (SSSR count). The molecule has 0 spiro atoms. The van der Waals surface area contributed by atoms with Crippen LogP contribution in [-0.4, -0.2) is 18.4 Å². The number of hydrogen-bond acceptors (Lipinski definition) is 3. The van der Waals surface area contributed by atoms with Crippen LogP contribution in [0.25, 0.3) is 6.08 Å². The molecule has 0 aromatic heterocycles. The largest absolute Gasteiger partial charge is 0.483 e. The fraction of sp³-hybridized carbons (Fsp3) is 0.111. The van der Waals surface area contributed by atoms with Crippen molar-refractivity contribution in [1.82, 2.24) is 10.9 Å². The minimum Gasteiger partial charge on any atom is -0.483 e. The van der Waals surface area contributed by atoms with Crippen LogP contribution in [0.3, 0.4) is 0 Å². The Morgan fingerprint density at radius 3 is 2.56 bits per heavy atom. The van der Waals surface area contributed by atoms with Gasteiger partial charge in [-0.2, -0.15) is 0 Å². The lowest BCUT2D eigenvalue weighted by molar-refractivity contribution is -0.128. The van der Waals surface area contributed by atoms with E-state index in [0.29, 0.717) is 16.3 Å². The third kappa shape index (κ3) is 6.27. The second-order valence-corrected chi connectivity index (χ2v) is 5.56. The van der Waals surface area contributed by atoms with Crippen LogP contribution in [0, 0.1) is 12.7 Å². The van der Waals surface area contributed by atoms with Crippen molar-refractivity contribution in [3.05, 3.63) is 70.5 Å². The molecule has 0 saturated heterocycles. The monoisotopic (exact) mass is 362 g/mol. The molecule has 0 unspecified atom stereocenters. The average Bonchev–Trinajstić information content (AvgIpc) is 2.58. The van der Waals surface area contributed by atoms with Crippen LogP contribution in [-0.2, 0) is 9.59 Å². The Morgan fingerprint density at radius 2 is 1.88 bits per heavy atom. The molecule has 7 heteroatoms. The number of carbonyl (C=O) groups is 2. The maximum absolute atomic E-state index is 12.8. The lowest BCUT2D eigenvalue weighted by Gasteiger charge is -2.09. The highest BCUT2D eigenvalue weighted by molar-refractivity contribution is 6.30. The first-order valence-electron chi connectivity index (χ1n) is 7.35. The summed E-state index contributed by atoms with van der Waals surface area (Å²) in [6.45, 7) is 1.55. The molecule has 130 valence electrons. The summed E-state index contributed by atoms with van der Waals surface area (Å²) >= 11 is 5.84. The Labute approximate surface area is 149 Å². The summed E-state index contributed by atoms with van der Waals surface area (Å²) in [5.41, 5.74) is 5.91. The van der Waals surface area contributed by atoms with E-state index in [-0.39, 0.29) is 12.4 Å². The summed E-state index contributed by atoms with van der Waals surface area (Å²) in [7, 11) is 0. The summed E-state index contributed by atoms with van der Waals surface area (Å²) < 4.78 is 18.1. The van der Waals surface area contributed by atoms with Gasteiger partial charge in [0, 0.05) is 11.1 Å². The van der Waals surface area contributed by atoms with Crippen LogP contribution in [0.15, 0.2) is 48.5 Å². The third-order valence-electron chi connectivity index (χ3n) is 3.12. The van der Waals surface area contributed by atoms with Gasteiger partial charge in [0.05, 0.1) is 0 Å². The number of hydrogen-bond donors (Lipinski definition) is 2. The molecule has 0 saturated carbocycles. The van der Waals surface area contributed by atoms with Crippen molar-refractivity contribution in [3.8, 4) is 5.75 Å². The van der Waals surface area contributed by atoms with Crippen LogP contribution in [0.4, 0.5) is 4.39 Å². The molecule has 5 nitrogen and oxygen atoms in total. The van der Waals surface area contributed by atoms with Crippen molar-refractivity contribution in [2.75, 3.05) is 6.61 Å². The van der Waals surface area contributed by atoms with Gasteiger partial charge in [-0.25, -0.2) is 4.39 Å². The highest BCUT2D eigenvalue weighted by Gasteiger charge is 2.06. The molecular formula is C18H16ClFN2O3. The van der Waals surface area contributed by atoms with E-state index in [4.69, 9.17) is 16.3 Å². The zero-order valence-electron chi connectivity index (χ0n) is 13.4. The number of ether oxygens (including phenoxy) is 1. The van der Waals surface area contributed by atoms with Crippen molar-refractivity contribution in [3.63, 3.8) is 0 Å². The summed E-state index contributed by atoms with van der Waals surface area (Å²) in [4.78, 5) is 23.3. The van der Waals surface area contributed by atoms with Crippen LogP contribution in [0.1, 0.15) is 11.1 Å². The first-order valence-corrected chi connectivity index (χ1v) is 7.73. The molecule has 25 heavy (non-hydrogen) atoms. The summed E-state index contributed by atoms with van der Waals surface area (Å²) in [5.74, 6) is -0.870. The molecule has 0 aliphatic carbocycles. The predicted octanol–water partition coefficient (Wildman–Crippen LogP) is 3.03. The van der Waals surface area contributed by atoms with Gasteiger partial charge in [0.15, 0.2) is 6.61 Å². The fourth-order valence-electron chi connectivity index (χ4n) is 1.87. The Kier molecular flexibility index (Phi) is 6.54. The average molecular weight is 363 g/mol. The number of hydrazine groups is 1. The number of halogens is 2. The second-order valence-electron chi connectivity index (χ2n) is 5.12. The van der Waals surface area contributed by atoms with Gasteiger partial charge in [-0.15, -0.1) is 0 Å². The van der Waals surface area contributed by atoms with Crippen molar-refractivity contribution in [2.24, 2.45) is 0 Å².